The summed E-state index contributed by atoms with van der Waals surface area (Å²) < 4.78 is 0.559. The van der Waals surface area contributed by atoms with Gasteiger partial charge in [0.1, 0.15) is 0 Å². The fraction of sp³-hybridized carbons (Fsp3) is 0.333. The van der Waals surface area contributed by atoms with Gasteiger partial charge in [-0.25, -0.2) is 0 Å². The highest BCUT2D eigenvalue weighted by Crippen LogP contribution is 2.27. The van der Waals surface area contributed by atoms with Gasteiger partial charge in [-0.2, -0.15) is 0 Å². The first-order valence-electron chi connectivity index (χ1n) is 4.27. The van der Waals surface area contributed by atoms with Crippen molar-refractivity contribution >= 4 is 21.6 Å². The molecular weight excluding hydrogens is 266 g/mol. The molecular formula is C9H10BrNO4. The Hall–Kier alpha value is -0.980. The van der Waals surface area contributed by atoms with Gasteiger partial charge in [-0.3, -0.25) is 10.1 Å². The van der Waals surface area contributed by atoms with Gasteiger partial charge >= 0.3 is 0 Å². The lowest BCUT2D eigenvalue weighted by atomic mass is 10.1. The zero-order chi connectivity index (χ0) is 11.4. The topological polar surface area (TPSA) is 83.6 Å². The summed E-state index contributed by atoms with van der Waals surface area (Å²) in [4.78, 5) is 10.2. The Morgan fingerprint density at radius 2 is 2.20 bits per heavy atom. The molecule has 0 radical (unpaired) electrons. The van der Waals surface area contributed by atoms with Crippen molar-refractivity contribution in [2.24, 2.45) is 0 Å². The average molecular weight is 276 g/mol. The summed E-state index contributed by atoms with van der Waals surface area (Å²) in [6.07, 6.45) is -0.934. The SMILES string of the molecule is O=[N+]([O-])c1cccc(Br)c1CC(O)CO. The number of nitro groups is 1. The number of halogens is 1. The first-order valence-corrected chi connectivity index (χ1v) is 5.06. The molecule has 0 saturated carbocycles. The van der Waals surface area contributed by atoms with Crippen LogP contribution in [0.1, 0.15) is 5.56 Å². The third-order valence-electron chi connectivity index (χ3n) is 1.94. The third kappa shape index (κ3) is 2.98. The van der Waals surface area contributed by atoms with Crippen LogP contribution in [-0.2, 0) is 6.42 Å². The Kier molecular flexibility index (Phi) is 4.19. The molecule has 0 fully saturated rings. The molecule has 0 amide bonds. The van der Waals surface area contributed by atoms with Crippen LogP contribution in [-0.4, -0.2) is 27.8 Å². The maximum Gasteiger partial charge on any atom is 0.273 e. The number of nitro benzene ring substituents is 1. The van der Waals surface area contributed by atoms with Crippen molar-refractivity contribution in [3.63, 3.8) is 0 Å². The fourth-order valence-electron chi connectivity index (χ4n) is 1.22. The molecule has 2 N–H and O–H groups in total. The van der Waals surface area contributed by atoms with E-state index in [-0.39, 0.29) is 12.1 Å². The highest BCUT2D eigenvalue weighted by Gasteiger charge is 2.18. The van der Waals surface area contributed by atoms with Crippen molar-refractivity contribution in [3.8, 4) is 0 Å². The van der Waals surface area contributed by atoms with Crippen molar-refractivity contribution in [1.82, 2.24) is 0 Å². The minimum atomic E-state index is -0.984. The molecule has 0 saturated heterocycles. The normalized spacial score (nSPS) is 12.5. The van der Waals surface area contributed by atoms with Crippen LogP contribution in [0, 0.1) is 10.1 Å². The van der Waals surface area contributed by atoms with E-state index in [1.165, 1.54) is 6.07 Å². The second kappa shape index (κ2) is 5.20. The predicted octanol–water partition coefficient (Wildman–Crippen LogP) is 1.25. The molecule has 1 rings (SSSR count). The van der Waals surface area contributed by atoms with Gasteiger partial charge in [0.2, 0.25) is 0 Å². The van der Waals surface area contributed by atoms with E-state index in [0.717, 1.165) is 0 Å². The number of aliphatic hydroxyl groups is 2. The van der Waals surface area contributed by atoms with E-state index in [2.05, 4.69) is 15.9 Å². The molecule has 5 nitrogen and oxygen atoms in total. The molecule has 0 heterocycles. The number of aliphatic hydroxyl groups excluding tert-OH is 2. The lowest BCUT2D eigenvalue weighted by molar-refractivity contribution is -0.385. The van der Waals surface area contributed by atoms with E-state index in [9.17, 15) is 15.2 Å². The third-order valence-corrected chi connectivity index (χ3v) is 2.68. The maximum atomic E-state index is 10.7. The molecule has 15 heavy (non-hydrogen) atoms. The van der Waals surface area contributed by atoms with Crippen LogP contribution in [0.2, 0.25) is 0 Å². The van der Waals surface area contributed by atoms with E-state index >= 15 is 0 Å². The monoisotopic (exact) mass is 275 g/mol. The van der Waals surface area contributed by atoms with E-state index in [0.29, 0.717) is 10.0 Å². The summed E-state index contributed by atoms with van der Waals surface area (Å²) in [6, 6.07) is 4.58. The lowest BCUT2D eigenvalue weighted by Gasteiger charge is -2.09. The van der Waals surface area contributed by atoms with Gasteiger partial charge < -0.3 is 10.2 Å². The Morgan fingerprint density at radius 1 is 1.53 bits per heavy atom. The molecule has 0 spiro atoms. The fourth-order valence-corrected chi connectivity index (χ4v) is 1.74. The van der Waals surface area contributed by atoms with Crippen LogP contribution < -0.4 is 0 Å². The van der Waals surface area contributed by atoms with Crippen LogP contribution in [0.25, 0.3) is 0 Å². The maximum absolute atomic E-state index is 10.7. The zero-order valence-electron chi connectivity index (χ0n) is 7.76. The average Bonchev–Trinajstić information content (AvgIpc) is 2.20. The molecule has 0 aliphatic heterocycles. The van der Waals surface area contributed by atoms with Crippen molar-refractivity contribution in [2.75, 3.05) is 6.61 Å². The van der Waals surface area contributed by atoms with Gasteiger partial charge in [0.15, 0.2) is 0 Å². The standard InChI is InChI=1S/C9H10BrNO4/c10-8-2-1-3-9(11(14)15)7(8)4-6(13)5-12/h1-3,6,12-13H,4-5H2. The molecule has 1 atom stereocenters. The lowest BCUT2D eigenvalue weighted by Crippen LogP contribution is -2.16. The van der Waals surface area contributed by atoms with E-state index < -0.39 is 17.6 Å². The first kappa shape index (κ1) is 12.1. The summed E-state index contributed by atoms with van der Waals surface area (Å²) in [5, 5.41) is 28.6. The number of nitrogens with zero attached hydrogens (tertiary/aromatic N) is 1. The van der Waals surface area contributed by atoms with Crippen molar-refractivity contribution in [3.05, 3.63) is 38.3 Å². The van der Waals surface area contributed by atoms with Crippen LogP contribution in [0.3, 0.4) is 0 Å². The molecule has 0 aliphatic rings. The second-order valence-corrected chi connectivity index (χ2v) is 3.89. The minimum absolute atomic E-state index is 0.0498. The molecule has 6 heteroatoms. The zero-order valence-corrected chi connectivity index (χ0v) is 9.35. The van der Waals surface area contributed by atoms with Crippen molar-refractivity contribution in [2.45, 2.75) is 12.5 Å². The van der Waals surface area contributed by atoms with Crippen molar-refractivity contribution in [1.29, 1.82) is 0 Å². The summed E-state index contributed by atoms with van der Waals surface area (Å²) in [6.45, 7) is -0.418. The Bertz CT molecular complexity index is 369. The number of hydrogen-bond donors (Lipinski definition) is 2. The van der Waals surface area contributed by atoms with Crippen LogP contribution in [0.5, 0.6) is 0 Å². The number of hydrogen-bond acceptors (Lipinski definition) is 4. The smallest absolute Gasteiger partial charge is 0.273 e. The van der Waals surface area contributed by atoms with Gasteiger partial charge in [0, 0.05) is 22.5 Å². The van der Waals surface area contributed by atoms with Gasteiger partial charge in [-0.05, 0) is 6.07 Å². The number of benzene rings is 1. The van der Waals surface area contributed by atoms with Crippen LogP contribution >= 0.6 is 15.9 Å². The van der Waals surface area contributed by atoms with Crippen molar-refractivity contribution < 1.29 is 15.1 Å². The van der Waals surface area contributed by atoms with Crippen LogP contribution in [0.4, 0.5) is 5.69 Å². The Balaban J connectivity index is 3.07. The molecule has 1 unspecified atom stereocenters. The van der Waals surface area contributed by atoms with E-state index in [1.807, 2.05) is 0 Å². The summed E-state index contributed by atoms with van der Waals surface area (Å²) >= 11 is 3.18. The van der Waals surface area contributed by atoms with Crippen LogP contribution in [0.15, 0.2) is 22.7 Å². The molecule has 0 aliphatic carbocycles. The largest absolute Gasteiger partial charge is 0.394 e. The quantitative estimate of drug-likeness (QED) is 0.640. The highest BCUT2D eigenvalue weighted by molar-refractivity contribution is 9.10. The molecule has 0 aromatic heterocycles. The molecule has 1 aromatic rings. The molecule has 0 bridgehead atoms. The predicted molar refractivity (Wildman–Crippen MR) is 57.6 cm³/mol. The van der Waals surface area contributed by atoms with E-state index in [4.69, 9.17) is 5.11 Å². The van der Waals surface area contributed by atoms with E-state index in [1.54, 1.807) is 12.1 Å². The second-order valence-electron chi connectivity index (χ2n) is 3.04. The summed E-state index contributed by atoms with van der Waals surface area (Å²) in [5.41, 5.74) is 0.334. The van der Waals surface area contributed by atoms with Gasteiger partial charge in [0.05, 0.1) is 17.6 Å². The summed E-state index contributed by atoms with van der Waals surface area (Å²) in [7, 11) is 0. The molecule has 82 valence electrons. The first-order chi connectivity index (χ1) is 7.06. The minimum Gasteiger partial charge on any atom is -0.394 e. The molecule has 1 aromatic carbocycles. The van der Waals surface area contributed by atoms with Gasteiger partial charge in [-0.1, -0.05) is 22.0 Å². The highest BCUT2D eigenvalue weighted by atomic mass is 79.9. The van der Waals surface area contributed by atoms with Gasteiger partial charge in [0.25, 0.3) is 5.69 Å². The van der Waals surface area contributed by atoms with Gasteiger partial charge in [-0.15, -0.1) is 0 Å². The Labute approximate surface area is 94.6 Å². The Morgan fingerprint density at radius 3 is 2.73 bits per heavy atom. The summed E-state index contributed by atoms with van der Waals surface area (Å²) in [5.74, 6) is 0. The number of rotatable bonds is 4.